The van der Waals surface area contributed by atoms with Gasteiger partial charge in [-0.1, -0.05) is 6.92 Å². The predicted molar refractivity (Wildman–Crippen MR) is 39.9 cm³/mol. The standard InChI is InChI=1S/C5H10O.2H3O4P/c1-3-5(2)4-6-5;2*1-5(2,3)4/h3-4H2,1-2H3;2*(H3,1,2,3,4)/p-6. The monoisotopic (exact) mass is 276 g/mol. The average molecular weight is 276 g/mol. The van der Waals surface area contributed by atoms with Crippen LogP contribution in [-0.2, 0) is 13.9 Å². The summed E-state index contributed by atoms with van der Waals surface area (Å²) in [5.74, 6) is 0. The summed E-state index contributed by atoms with van der Waals surface area (Å²) in [5.41, 5.74) is 0.292. The summed E-state index contributed by atoms with van der Waals surface area (Å²) in [6.45, 7) is 5.25. The van der Waals surface area contributed by atoms with Crippen molar-refractivity contribution in [3.05, 3.63) is 0 Å². The third-order valence-electron chi connectivity index (χ3n) is 1.39. The van der Waals surface area contributed by atoms with Gasteiger partial charge >= 0.3 is 0 Å². The maximum Gasteiger partial charge on any atom is 0.0886 e. The Bertz CT molecular complexity index is 237. The molecule has 1 rings (SSSR count). The minimum absolute atomic E-state index is 0.292. The van der Waals surface area contributed by atoms with E-state index >= 15 is 0 Å². The molecule has 0 aliphatic carbocycles. The zero-order valence-corrected chi connectivity index (χ0v) is 10.3. The highest BCUT2D eigenvalue weighted by atomic mass is 31.2. The normalized spacial score (nSPS) is 23.5. The van der Waals surface area contributed by atoms with E-state index in [1.807, 2.05) is 0 Å². The first-order valence-corrected chi connectivity index (χ1v) is 6.79. The van der Waals surface area contributed by atoms with Crippen molar-refractivity contribution < 1.29 is 43.2 Å². The Morgan fingerprint density at radius 1 is 1.06 bits per heavy atom. The number of epoxide rings is 1. The SMILES string of the molecule is CCC1(C)CO1.O=P([O-])([O-])[O-].O=P([O-])([O-])[O-]. The van der Waals surface area contributed by atoms with Gasteiger partial charge in [-0.3, -0.25) is 0 Å². The van der Waals surface area contributed by atoms with E-state index in [1.165, 1.54) is 0 Å². The van der Waals surface area contributed by atoms with Gasteiger partial charge < -0.3 is 43.2 Å². The topological polar surface area (TPSA) is 185 Å². The van der Waals surface area contributed by atoms with E-state index in [0.717, 1.165) is 13.0 Å². The van der Waals surface area contributed by atoms with Crippen LogP contribution in [0.4, 0.5) is 0 Å². The van der Waals surface area contributed by atoms with E-state index in [2.05, 4.69) is 13.8 Å². The van der Waals surface area contributed by atoms with Crippen molar-refractivity contribution >= 4 is 15.6 Å². The first-order chi connectivity index (χ1) is 6.77. The lowest BCUT2D eigenvalue weighted by molar-refractivity contribution is -0.434. The second kappa shape index (κ2) is 6.80. The van der Waals surface area contributed by atoms with Crippen molar-refractivity contribution in [2.75, 3.05) is 6.61 Å². The van der Waals surface area contributed by atoms with Crippen LogP contribution in [-0.4, -0.2) is 12.2 Å². The van der Waals surface area contributed by atoms with Crippen LogP contribution in [0.1, 0.15) is 20.3 Å². The van der Waals surface area contributed by atoms with Crippen molar-refractivity contribution in [3.63, 3.8) is 0 Å². The van der Waals surface area contributed by atoms with Gasteiger partial charge in [0.25, 0.3) is 0 Å². The van der Waals surface area contributed by atoms with E-state index < -0.39 is 15.6 Å². The van der Waals surface area contributed by atoms with Gasteiger partial charge in [0.05, 0.1) is 12.2 Å². The quantitative estimate of drug-likeness (QED) is 0.336. The highest BCUT2D eigenvalue weighted by Gasteiger charge is 2.36. The molecule has 0 radical (unpaired) electrons. The third-order valence-corrected chi connectivity index (χ3v) is 1.39. The van der Waals surface area contributed by atoms with Crippen molar-refractivity contribution in [2.24, 2.45) is 0 Å². The molecule has 1 unspecified atom stereocenters. The number of rotatable bonds is 1. The molecule has 1 atom stereocenters. The zero-order chi connectivity index (χ0) is 13.6. The lowest BCUT2D eigenvalue weighted by atomic mass is 10.1. The molecule has 9 nitrogen and oxygen atoms in total. The molecule has 0 bridgehead atoms. The molecular weight excluding hydrogens is 266 g/mol. The lowest BCUT2D eigenvalue weighted by Crippen LogP contribution is -2.24. The van der Waals surface area contributed by atoms with Crippen LogP contribution in [0.25, 0.3) is 0 Å². The molecule has 0 aromatic rings. The Kier molecular flexibility index (Phi) is 7.89. The van der Waals surface area contributed by atoms with Gasteiger partial charge in [0.2, 0.25) is 0 Å². The summed E-state index contributed by atoms with van der Waals surface area (Å²) in [7, 11) is -10.8. The van der Waals surface area contributed by atoms with Gasteiger partial charge in [0.1, 0.15) is 0 Å². The van der Waals surface area contributed by atoms with Crippen LogP contribution in [0.15, 0.2) is 0 Å². The van der Waals surface area contributed by atoms with Crippen LogP contribution < -0.4 is 29.4 Å². The van der Waals surface area contributed by atoms with Crippen molar-refractivity contribution in [1.29, 1.82) is 0 Å². The first-order valence-electron chi connectivity index (χ1n) is 3.87. The van der Waals surface area contributed by atoms with Gasteiger partial charge in [-0.05, 0) is 13.3 Å². The minimum atomic E-state index is -5.39. The fourth-order valence-electron chi connectivity index (χ4n) is 0.327. The molecular formula is C5H10O9P2-6. The third kappa shape index (κ3) is 36.8. The second-order valence-corrected chi connectivity index (χ2v) is 4.78. The summed E-state index contributed by atoms with van der Waals surface area (Å²) >= 11 is 0. The minimum Gasteiger partial charge on any atom is -0.822 e. The Morgan fingerprint density at radius 3 is 1.25 bits per heavy atom. The van der Waals surface area contributed by atoms with Gasteiger partial charge in [0, 0.05) is 0 Å². The van der Waals surface area contributed by atoms with E-state index in [-0.39, 0.29) is 0 Å². The summed E-state index contributed by atoms with van der Waals surface area (Å²) in [6, 6.07) is 0. The Balaban J connectivity index is 0. The molecule has 100 valence electrons. The maximum absolute atomic E-state index is 8.55. The van der Waals surface area contributed by atoms with E-state index in [9.17, 15) is 0 Å². The molecule has 1 aliphatic heterocycles. The smallest absolute Gasteiger partial charge is 0.0886 e. The summed E-state index contributed by atoms with van der Waals surface area (Å²) in [5, 5.41) is 0. The molecule has 0 spiro atoms. The van der Waals surface area contributed by atoms with Crippen LogP contribution in [0.3, 0.4) is 0 Å². The molecule has 1 fully saturated rings. The summed E-state index contributed by atoms with van der Waals surface area (Å²) in [4.78, 5) is 51.3. The number of phosphoric acid groups is 2. The Hall–Kier alpha value is 0.180. The van der Waals surface area contributed by atoms with Gasteiger partial charge in [0.15, 0.2) is 0 Å². The van der Waals surface area contributed by atoms with Crippen LogP contribution in [0.2, 0.25) is 0 Å². The zero-order valence-electron chi connectivity index (χ0n) is 8.48. The molecule has 0 N–H and O–H groups in total. The molecule has 1 heterocycles. The van der Waals surface area contributed by atoms with Crippen LogP contribution in [0.5, 0.6) is 0 Å². The molecule has 1 aliphatic rings. The van der Waals surface area contributed by atoms with Crippen molar-refractivity contribution in [3.8, 4) is 0 Å². The molecule has 16 heavy (non-hydrogen) atoms. The predicted octanol–water partition coefficient (Wildman–Crippen LogP) is -4.46. The van der Waals surface area contributed by atoms with Crippen molar-refractivity contribution in [2.45, 2.75) is 25.9 Å². The fraction of sp³-hybridized carbons (Fsp3) is 1.00. The number of hydrogen-bond donors (Lipinski definition) is 0. The molecule has 0 amide bonds. The molecule has 11 heteroatoms. The van der Waals surface area contributed by atoms with Gasteiger partial charge in [-0.25, -0.2) is 0 Å². The van der Waals surface area contributed by atoms with Crippen LogP contribution in [0, 0.1) is 0 Å². The van der Waals surface area contributed by atoms with Crippen molar-refractivity contribution in [1.82, 2.24) is 0 Å². The van der Waals surface area contributed by atoms with Gasteiger partial charge in [-0.2, -0.15) is 15.6 Å². The number of hydrogen-bond acceptors (Lipinski definition) is 9. The first kappa shape index (κ1) is 18.5. The molecule has 0 aromatic heterocycles. The van der Waals surface area contributed by atoms with E-state index in [1.54, 1.807) is 0 Å². The Morgan fingerprint density at radius 2 is 1.25 bits per heavy atom. The summed E-state index contributed by atoms with van der Waals surface area (Å²) in [6.07, 6.45) is 1.16. The average Bonchev–Trinajstić information content (AvgIpc) is 2.62. The maximum atomic E-state index is 8.55. The molecule has 1 saturated heterocycles. The largest absolute Gasteiger partial charge is 0.822 e. The number of ether oxygens (including phenoxy) is 1. The Labute approximate surface area is 92.2 Å². The highest BCUT2D eigenvalue weighted by Crippen LogP contribution is 2.28. The lowest BCUT2D eigenvalue weighted by Gasteiger charge is -2.36. The van der Waals surface area contributed by atoms with E-state index in [0.29, 0.717) is 5.60 Å². The van der Waals surface area contributed by atoms with Gasteiger partial charge in [-0.15, -0.1) is 0 Å². The summed E-state index contributed by atoms with van der Waals surface area (Å²) < 4.78 is 22.1. The fourth-order valence-corrected chi connectivity index (χ4v) is 0.327. The molecule has 0 aromatic carbocycles. The van der Waals surface area contributed by atoms with E-state index in [4.69, 9.17) is 43.2 Å². The highest BCUT2D eigenvalue weighted by molar-refractivity contribution is 7.40. The van der Waals surface area contributed by atoms with Crippen LogP contribution >= 0.6 is 15.6 Å². The molecule has 0 saturated carbocycles. The second-order valence-electron chi connectivity index (χ2n) is 2.99.